The molecule has 0 aliphatic heterocycles. The van der Waals surface area contributed by atoms with E-state index in [9.17, 15) is 0 Å². The van der Waals surface area contributed by atoms with Crippen LogP contribution in [0.2, 0.25) is 0 Å². The molecule has 86 heavy (non-hydrogen) atoms. The molecule has 0 saturated carbocycles. The van der Waals surface area contributed by atoms with Crippen LogP contribution in [0.25, 0.3) is 83.2 Å². The second kappa shape index (κ2) is 17.5. The summed E-state index contributed by atoms with van der Waals surface area (Å²) in [6.45, 7) is 50.5. The average Bonchev–Trinajstić information content (AvgIpc) is 1.48. The number of hydrogen-bond donors (Lipinski definition) is 0. The van der Waals surface area contributed by atoms with E-state index in [0.29, 0.717) is 5.92 Å². The minimum Gasteiger partial charge on any atom is -0.0729 e. The van der Waals surface area contributed by atoms with E-state index in [-0.39, 0.29) is 55.7 Å². The van der Waals surface area contributed by atoms with Crippen LogP contribution in [0, 0.1) is 34.5 Å². The lowest BCUT2D eigenvalue weighted by molar-refractivity contribution is 0.491. The van der Waals surface area contributed by atoms with Crippen molar-refractivity contribution in [1.29, 1.82) is 0 Å². The summed E-state index contributed by atoms with van der Waals surface area (Å²) in [5.41, 5.74) is 38.9. The van der Waals surface area contributed by atoms with Crippen LogP contribution in [-0.4, -0.2) is 0 Å². The van der Waals surface area contributed by atoms with Gasteiger partial charge in [0.2, 0.25) is 0 Å². The van der Waals surface area contributed by atoms with E-state index < -0.39 is 0 Å². The van der Waals surface area contributed by atoms with Crippen LogP contribution in [0.3, 0.4) is 0 Å². The summed E-state index contributed by atoms with van der Waals surface area (Å²) in [4.78, 5) is 0. The maximum atomic E-state index is 2.74. The predicted molar refractivity (Wildman–Crippen MR) is 372 cm³/mol. The Balaban J connectivity index is 1.10. The molecular weight excluding hydrogens is 1030 g/mol. The standard InChI is InChI=1S/C86H92/c1-80(2,3)48-22-23-55-56-24-25-57-59-28-30-62-77-63(31-29-60(76(59)77)58-26-27-61(64(55)40-48)74(56)75(57)58)79-73(47-36-51(83(10,11)12)39-52(37-47)84(13,14)15)70-44-66-65(67-41-53(85(16,17)18)32-45-33-54(86(19,20)21)42-68(66)71(45)67)43-69(70)72(78(62)79)46-34-49(81(4,5)6)38-50(35-46)82(7,8)9/h22-25,28-45,71,76-77H,26-27H2,1-21H3. The van der Waals surface area contributed by atoms with Gasteiger partial charge in [-0.25, -0.2) is 0 Å². The van der Waals surface area contributed by atoms with Crippen LogP contribution in [0.1, 0.15) is 219 Å². The van der Waals surface area contributed by atoms with E-state index in [1.807, 2.05) is 0 Å². The molecule has 15 rings (SSSR count). The van der Waals surface area contributed by atoms with Crippen LogP contribution in [0.15, 0.2) is 144 Å². The van der Waals surface area contributed by atoms with E-state index in [1.165, 1.54) is 155 Å². The predicted octanol–water partition coefficient (Wildman–Crippen LogP) is 21.8. The summed E-state index contributed by atoms with van der Waals surface area (Å²) in [7, 11) is 0. The number of hydrogen-bond acceptors (Lipinski definition) is 0. The highest BCUT2D eigenvalue weighted by Gasteiger charge is 2.50. The molecule has 0 nitrogen and oxygen atoms in total. The normalized spacial score (nSPS) is 21.5. The van der Waals surface area contributed by atoms with Crippen molar-refractivity contribution in [2.24, 2.45) is 34.5 Å². The van der Waals surface area contributed by atoms with Gasteiger partial charge in [-0.15, -0.1) is 0 Å². The highest BCUT2D eigenvalue weighted by molar-refractivity contribution is 6.21. The fourth-order valence-electron chi connectivity index (χ4n) is 16.8. The second-order valence-electron chi connectivity index (χ2n) is 34.9. The fraction of sp³-hybridized carbons (Fsp3) is 0.395. The highest BCUT2D eigenvalue weighted by Crippen LogP contribution is 2.66. The van der Waals surface area contributed by atoms with Gasteiger partial charge >= 0.3 is 0 Å². The van der Waals surface area contributed by atoms with Gasteiger partial charge in [-0.05, 0) is 234 Å². The van der Waals surface area contributed by atoms with Crippen LogP contribution < -0.4 is 10.4 Å². The summed E-state index contributed by atoms with van der Waals surface area (Å²) in [5.74, 6) is 0.959. The second-order valence-corrected chi connectivity index (χ2v) is 34.9. The van der Waals surface area contributed by atoms with Crippen molar-refractivity contribution in [3.63, 3.8) is 0 Å². The van der Waals surface area contributed by atoms with E-state index in [0.717, 1.165) is 12.8 Å². The lowest BCUT2D eigenvalue weighted by Crippen LogP contribution is -2.41. The maximum absolute atomic E-state index is 2.74. The molecular formula is C86H92. The SMILES string of the molecule is CC(C)(C)C1=CC2C=C(C(C)(C)C)C=C3c4cc5c(-c6cc(C(C)(C)C)cc(C(C)(C)C)c6)c6c(c(-c7cc(C(C)(C)C)cc(C(C)(C)C)c7)c5cc4C(=C1)C32)C1=CC=C2C3=c4c(ccc5c4=C(CC3)c3cc(C(C)(C)C)ccc3-5)C3=CC=C6C1C23. The van der Waals surface area contributed by atoms with Gasteiger partial charge in [0.25, 0.3) is 0 Å². The first-order chi connectivity index (χ1) is 40.1. The average molecular weight is 1130 g/mol. The molecule has 0 bridgehead atoms. The van der Waals surface area contributed by atoms with Gasteiger partial charge in [0.05, 0.1) is 0 Å². The molecule has 9 aliphatic carbocycles. The van der Waals surface area contributed by atoms with E-state index in [2.05, 4.69) is 273 Å². The zero-order valence-electron chi connectivity index (χ0n) is 55.8. The summed E-state index contributed by atoms with van der Waals surface area (Å²) in [6, 6.07) is 33.4. The first-order valence-electron chi connectivity index (χ1n) is 32.8. The Morgan fingerprint density at radius 3 is 1.14 bits per heavy atom. The Bertz CT molecular complexity index is 4500. The monoisotopic (exact) mass is 1120 g/mol. The molecule has 0 heteroatoms. The number of allylic oxidation sites excluding steroid dienone is 16. The third-order valence-corrected chi connectivity index (χ3v) is 21.9. The first-order valence-corrected chi connectivity index (χ1v) is 32.8. The van der Waals surface area contributed by atoms with E-state index >= 15 is 0 Å². The molecule has 0 heterocycles. The van der Waals surface area contributed by atoms with Crippen LogP contribution in [0.4, 0.5) is 0 Å². The summed E-state index contributed by atoms with van der Waals surface area (Å²) < 4.78 is 0. The Hall–Kier alpha value is -6.76. The van der Waals surface area contributed by atoms with Crippen molar-refractivity contribution in [2.75, 3.05) is 0 Å². The molecule has 436 valence electrons. The van der Waals surface area contributed by atoms with Gasteiger partial charge in [0, 0.05) is 23.7 Å². The first kappa shape index (κ1) is 55.8. The maximum Gasteiger partial charge on any atom is 0.0212 e. The fourth-order valence-corrected chi connectivity index (χ4v) is 16.8. The molecule has 4 atom stereocenters. The zero-order valence-corrected chi connectivity index (χ0v) is 55.8. The number of fused-ring (bicyclic) bond motifs is 12. The number of benzene rings is 6. The van der Waals surface area contributed by atoms with E-state index in [4.69, 9.17) is 0 Å². The van der Waals surface area contributed by atoms with Crippen LogP contribution >= 0.6 is 0 Å². The van der Waals surface area contributed by atoms with Crippen molar-refractivity contribution < 1.29 is 0 Å². The Morgan fingerprint density at radius 1 is 0.291 bits per heavy atom. The molecule has 0 radical (unpaired) electrons. The molecule has 0 N–H and O–H groups in total. The molecule has 0 saturated heterocycles. The van der Waals surface area contributed by atoms with Crippen molar-refractivity contribution >= 4 is 49.8 Å². The third-order valence-electron chi connectivity index (χ3n) is 21.9. The van der Waals surface area contributed by atoms with Crippen LogP contribution in [0.5, 0.6) is 0 Å². The van der Waals surface area contributed by atoms with Crippen molar-refractivity contribution in [3.8, 4) is 33.4 Å². The Morgan fingerprint density at radius 2 is 0.686 bits per heavy atom. The van der Waals surface area contributed by atoms with Crippen molar-refractivity contribution in [2.45, 2.75) is 185 Å². The quantitative estimate of drug-likeness (QED) is 0.162. The smallest absolute Gasteiger partial charge is 0.0212 e. The zero-order chi connectivity index (χ0) is 61.0. The van der Waals surface area contributed by atoms with Gasteiger partial charge in [0.1, 0.15) is 0 Å². The molecule has 0 spiro atoms. The molecule has 0 fully saturated rings. The molecule has 0 aromatic heterocycles. The van der Waals surface area contributed by atoms with Crippen LogP contribution in [-0.2, 0) is 27.1 Å². The molecule has 0 amide bonds. The summed E-state index contributed by atoms with van der Waals surface area (Å²) in [6.07, 6.45) is 23.2. The summed E-state index contributed by atoms with van der Waals surface area (Å²) >= 11 is 0. The van der Waals surface area contributed by atoms with Gasteiger partial charge in [0.15, 0.2) is 0 Å². The van der Waals surface area contributed by atoms with Gasteiger partial charge in [-0.2, -0.15) is 0 Å². The molecule has 6 aromatic rings. The summed E-state index contributed by atoms with van der Waals surface area (Å²) in [5, 5.41) is 5.78. The van der Waals surface area contributed by atoms with Crippen molar-refractivity contribution in [3.05, 3.63) is 216 Å². The molecule has 6 aromatic carbocycles. The largest absolute Gasteiger partial charge is 0.0729 e. The van der Waals surface area contributed by atoms with Crippen molar-refractivity contribution in [1.82, 2.24) is 0 Å². The van der Waals surface area contributed by atoms with E-state index in [1.54, 1.807) is 16.7 Å². The minimum absolute atomic E-state index is 0.00138. The Labute approximate surface area is 515 Å². The van der Waals surface area contributed by atoms with Gasteiger partial charge in [-0.3, -0.25) is 0 Å². The highest BCUT2D eigenvalue weighted by atomic mass is 14.5. The lowest BCUT2D eigenvalue weighted by atomic mass is 9.62. The lowest BCUT2D eigenvalue weighted by Gasteiger charge is -2.41. The van der Waals surface area contributed by atoms with Gasteiger partial charge < -0.3 is 0 Å². The third kappa shape index (κ3) is 8.04. The van der Waals surface area contributed by atoms with Gasteiger partial charge in [-0.1, -0.05) is 261 Å². The molecule has 9 aliphatic rings. The number of rotatable bonds is 2. The molecule has 4 unspecified atom stereocenters. The topological polar surface area (TPSA) is 0 Å². The minimum atomic E-state index is -0.0675. The Kier molecular flexibility index (Phi) is 11.4.